The van der Waals surface area contributed by atoms with Crippen LogP contribution in [0.25, 0.3) is 33.3 Å². The average Bonchev–Trinajstić information content (AvgIpc) is 3.54. The second-order valence-corrected chi connectivity index (χ2v) is 10.9. The molecule has 0 saturated carbocycles. The summed E-state index contributed by atoms with van der Waals surface area (Å²) in [6.07, 6.45) is 6.78. The number of carbonyl (C=O) groups is 1. The number of aromatic nitrogens is 6. The topological polar surface area (TPSA) is 117 Å². The van der Waals surface area contributed by atoms with Gasteiger partial charge in [0.25, 0.3) is 0 Å². The van der Waals surface area contributed by atoms with E-state index in [9.17, 15) is 9.59 Å². The lowest BCUT2D eigenvalue weighted by Gasteiger charge is -2.32. The Morgan fingerprint density at radius 2 is 1.78 bits per heavy atom. The number of hydrogen-bond acceptors (Lipinski definition) is 7. The zero-order valence-electron chi connectivity index (χ0n) is 23.1. The maximum Gasteiger partial charge on any atom is 0.327 e. The molecule has 210 valence electrons. The van der Waals surface area contributed by atoms with Crippen molar-refractivity contribution in [3.8, 4) is 11.1 Å². The van der Waals surface area contributed by atoms with Crippen LogP contribution in [0.1, 0.15) is 24.4 Å². The number of nitrogens with one attached hydrogen (secondary N) is 2. The predicted molar refractivity (Wildman–Crippen MR) is 158 cm³/mol. The summed E-state index contributed by atoms with van der Waals surface area (Å²) in [5, 5.41) is 4.40. The zero-order chi connectivity index (χ0) is 27.9. The summed E-state index contributed by atoms with van der Waals surface area (Å²) >= 11 is 0. The van der Waals surface area contributed by atoms with Crippen LogP contribution in [-0.4, -0.2) is 79.1 Å². The van der Waals surface area contributed by atoms with E-state index in [4.69, 9.17) is 4.98 Å². The van der Waals surface area contributed by atoms with E-state index in [0.717, 1.165) is 65.2 Å². The normalized spacial score (nSPS) is 16.6. The molecule has 6 heterocycles. The van der Waals surface area contributed by atoms with Gasteiger partial charge >= 0.3 is 5.69 Å². The molecule has 2 aliphatic rings. The Morgan fingerprint density at radius 1 is 0.976 bits per heavy atom. The predicted octanol–water partition coefficient (Wildman–Crippen LogP) is 2.72. The van der Waals surface area contributed by atoms with Crippen LogP contribution >= 0.6 is 0 Å². The molecule has 7 rings (SSSR count). The third kappa shape index (κ3) is 4.55. The molecule has 41 heavy (non-hydrogen) atoms. The SMILES string of the molecule is Cc1ccccc1-c1cn(CC(=O)N2CCC(n3c(=O)[nH]c4ncccc43)CC2)c2ncnc(N3CCNCC3)c12. The zero-order valence-corrected chi connectivity index (χ0v) is 23.1. The van der Waals surface area contributed by atoms with E-state index in [1.807, 2.05) is 33.7 Å². The maximum absolute atomic E-state index is 13.6. The summed E-state index contributed by atoms with van der Waals surface area (Å²) < 4.78 is 3.78. The first-order valence-corrected chi connectivity index (χ1v) is 14.3. The molecular weight excluding hydrogens is 518 g/mol. The van der Waals surface area contributed by atoms with Gasteiger partial charge in [-0.3, -0.25) is 14.3 Å². The van der Waals surface area contributed by atoms with E-state index in [0.29, 0.717) is 31.6 Å². The Morgan fingerprint density at radius 3 is 2.59 bits per heavy atom. The fourth-order valence-corrected chi connectivity index (χ4v) is 6.36. The highest BCUT2D eigenvalue weighted by molar-refractivity contribution is 6.02. The van der Waals surface area contributed by atoms with Crippen molar-refractivity contribution in [1.82, 2.24) is 39.3 Å². The summed E-state index contributed by atoms with van der Waals surface area (Å²) in [5.41, 5.74) is 5.36. The highest BCUT2D eigenvalue weighted by Gasteiger charge is 2.28. The van der Waals surface area contributed by atoms with Crippen LogP contribution in [0.3, 0.4) is 0 Å². The number of likely N-dealkylation sites (tertiary alicyclic amines) is 1. The van der Waals surface area contributed by atoms with Gasteiger partial charge in [0.05, 0.1) is 10.9 Å². The van der Waals surface area contributed by atoms with Crippen LogP contribution in [0.15, 0.2) is 59.9 Å². The molecular formula is C30H33N9O2. The molecule has 11 heteroatoms. The van der Waals surface area contributed by atoms with Crippen molar-refractivity contribution in [3.63, 3.8) is 0 Å². The van der Waals surface area contributed by atoms with E-state index in [-0.39, 0.29) is 24.2 Å². The van der Waals surface area contributed by atoms with Crippen molar-refractivity contribution in [2.24, 2.45) is 0 Å². The molecule has 0 atom stereocenters. The Kier molecular flexibility index (Phi) is 6.50. The number of piperidine rings is 1. The number of amides is 1. The first-order chi connectivity index (χ1) is 20.1. The fraction of sp³-hybridized carbons (Fsp3) is 0.367. The van der Waals surface area contributed by atoms with Crippen LogP contribution in [-0.2, 0) is 11.3 Å². The molecule has 2 fully saturated rings. The van der Waals surface area contributed by atoms with Crippen LogP contribution < -0.4 is 15.9 Å². The van der Waals surface area contributed by atoms with Crippen LogP contribution in [0.2, 0.25) is 0 Å². The van der Waals surface area contributed by atoms with Crippen molar-refractivity contribution in [2.45, 2.75) is 32.4 Å². The molecule has 0 bridgehead atoms. The third-order valence-electron chi connectivity index (χ3n) is 8.46. The summed E-state index contributed by atoms with van der Waals surface area (Å²) in [7, 11) is 0. The largest absolute Gasteiger partial charge is 0.353 e. The molecule has 0 aliphatic carbocycles. The molecule has 2 N–H and O–H groups in total. The second kappa shape index (κ2) is 10.5. The van der Waals surface area contributed by atoms with Gasteiger partial charge in [-0.05, 0) is 43.0 Å². The number of aryl methyl sites for hydroxylation is 1. The maximum atomic E-state index is 13.6. The van der Waals surface area contributed by atoms with Gasteiger partial charge < -0.3 is 19.7 Å². The number of aromatic amines is 1. The summed E-state index contributed by atoms with van der Waals surface area (Å²) in [4.78, 5) is 47.1. The number of imidazole rings is 1. The smallest absolute Gasteiger partial charge is 0.327 e. The quantitative estimate of drug-likeness (QED) is 0.345. The highest BCUT2D eigenvalue weighted by atomic mass is 16.2. The molecule has 0 spiro atoms. The molecule has 4 aromatic heterocycles. The number of carbonyl (C=O) groups excluding carboxylic acids is 1. The van der Waals surface area contributed by atoms with Crippen LogP contribution in [0.5, 0.6) is 0 Å². The summed E-state index contributed by atoms with van der Waals surface area (Å²) in [6.45, 7) is 7.03. The molecule has 1 amide bonds. The number of H-pyrrole nitrogens is 1. The van der Waals surface area contributed by atoms with E-state index in [2.05, 4.69) is 50.4 Å². The van der Waals surface area contributed by atoms with E-state index in [1.54, 1.807) is 17.1 Å². The molecule has 2 aliphatic heterocycles. The van der Waals surface area contributed by atoms with Crippen LogP contribution in [0.4, 0.5) is 5.82 Å². The number of rotatable bonds is 5. The van der Waals surface area contributed by atoms with Gasteiger partial charge in [0.1, 0.15) is 24.3 Å². The minimum Gasteiger partial charge on any atom is -0.353 e. The number of fused-ring (bicyclic) bond motifs is 2. The van der Waals surface area contributed by atoms with Crippen molar-refractivity contribution < 1.29 is 4.79 Å². The van der Waals surface area contributed by atoms with Gasteiger partial charge in [-0.25, -0.2) is 19.7 Å². The fourth-order valence-electron chi connectivity index (χ4n) is 6.36. The first kappa shape index (κ1) is 25.5. The number of hydrogen-bond donors (Lipinski definition) is 2. The molecule has 2 saturated heterocycles. The standard InChI is InChI=1S/C30H33N9O2/c1-20-5-2-3-6-22(20)23-17-38(29-26(23)28(33-19-34-29)37-15-11-31-12-16-37)18-25(40)36-13-8-21(9-14-36)39-24-7-4-10-32-27(24)35-30(39)41/h2-7,10,17,19,21,31H,8-9,11-16,18H2,1H3,(H,32,35,41). The second-order valence-electron chi connectivity index (χ2n) is 10.9. The third-order valence-corrected chi connectivity index (χ3v) is 8.46. The van der Waals surface area contributed by atoms with Crippen molar-refractivity contribution in [3.05, 3.63) is 71.2 Å². The van der Waals surface area contributed by atoms with E-state index < -0.39 is 0 Å². The van der Waals surface area contributed by atoms with Crippen molar-refractivity contribution in [2.75, 3.05) is 44.2 Å². The number of pyridine rings is 1. The van der Waals surface area contributed by atoms with Gasteiger partial charge in [-0.1, -0.05) is 24.3 Å². The molecule has 1 aromatic carbocycles. The van der Waals surface area contributed by atoms with Crippen molar-refractivity contribution in [1.29, 1.82) is 0 Å². The summed E-state index contributed by atoms with van der Waals surface area (Å²) in [6, 6.07) is 12.1. The van der Waals surface area contributed by atoms with E-state index >= 15 is 0 Å². The minimum atomic E-state index is -0.147. The Labute approximate surface area is 236 Å². The number of piperazine rings is 1. The Balaban J connectivity index is 1.17. The number of anilines is 1. The van der Waals surface area contributed by atoms with Gasteiger partial charge in [0.2, 0.25) is 5.91 Å². The Bertz CT molecular complexity index is 1790. The lowest BCUT2D eigenvalue weighted by atomic mass is 10.0. The lowest BCUT2D eigenvalue weighted by molar-refractivity contribution is -0.133. The first-order valence-electron chi connectivity index (χ1n) is 14.3. The van der Waals surface area contributed by atoms with Gasteiger partial charge in [0.15, 0.2) is 5.65 Å². The van der Waals surface area contributed by atoms with Gasteiger partial charge in [-0.2, -0.15) is 0 Å². The Hall–Kier alpha value is -4.51. The lowest BCUT2D eigenvalue weighted by Crippen LogP contribution is -2.44. The number of nitrogens with zero attached hydrogens (tertiary/aromatic N) is 7. The molecule has 0 radical (unpaired) electrons. The van der Waals surface area contributed by atoms with Crippen LogP contribution in [0, 0.1) is 6.92 Å². The van der Waals surface area contributed by atoms with Gasteiger partial charge in [-0.15, -0.1) is 0 Å². The monoisotopic (exact) mass is 551 g/mol. The molecule has 5 aromatic rings. The minimum absolute atomic E-state index is 0.0268. The highest BCUT2D eigenvalue weighted by Crippen LogP contribution is 2.37. The average molecular weight is 552 g/mol. The molecule has 0 unspecified atom stereocenters. The van der Waals surface area contributed by atoms with E-state index in [1.165, 1.54) is 0 Å². The van der Waals surface area contributed by atoms with Gasteiger partial charge in [0, 0.05) is 63.3 Å². The summed E-state index contributed by atoms with van der Waals surface area (Å²) in [5.74, 6) is 0.965. The molecule has 11 nitrogen and oxygen atoms in total. The van der Waals surface area contributed by atoms with Crippen molar-refractivity contribution >= 4 is 33.9 Å². The number of benzene rings is 1.